The number of aliphatic carboxylic acids is 1. The highest BCUT2D eigenvalue weighted by Gasteiger charge is 2.26. The van der Waals surface area contributed by atoms with Gasteiger partial charge in [0.2, 0.25) is 5.88 Å². The lowest BCUT2D eigenvalue weighted by atomic mass is 9.99. The van der Waals surface area contributed by atoms with Crippen LogP contribution in [0.15, 0.2) is 6.07 Å². The van der Waals surface area contributed by atoms with Crippen molar-refractivity contribution in [2.45, 2.75) is 26.3 Å². The lowest BCUT2D eigenvalue weighted by Crippen LogP contribution is -2.45. The number of carboxylic acids is 1. The molecule has 0 aromatic carbocycles. The Morgan fingerprint density at radius 2 is 2.21 bits per heavy atom. The van der Waals surface area contributed by atoms with Gasteiger partial charge in [0, 0.05) is 13.1 Å². The molecule has 1 amide bonds. The third-order valence-corrected chi connectivity index (χ3v) is 3.04. The van der Waals surface area contributed by atoms with Crippen LogP contribution in [0.5, 0.6) is 5.88 Å². The fraction of sp³-hybridized carbons (Fsp3) is 0.583. The highest BCUT2D eigenvalue weighted by Crippen LogP contribution is 2.13. The normalized spacial score (nSPS) is 13.7. The summed E-state index contributed by atoms with van der Waals surface area (Å²) in [5.41, 5.74) is 0.133. The van der Waals surface area contributed by atoms with Gasteiger partial charge in [-0.1, -0.05) is 20.3 Å². The van der Waals surface area contributed by atoms with E-state index in [1.54, 1.807) is 14.0 Å². The molecule has 19 heavy (non-hydrogen) atoms. The van der Waals surface area contributed by atoms with E-state index in [9.17, 15) is 9.59 Å². The van der Waals surface area contributed by atoms with Crippen molar-refractivity contribution < 1.29 is 19.4 Å². The summed E-state index contributed by atoms with van der Waals surface area (Å²) in [5, 5.41) is 15.6. The average Bonchev–Trinajstić information content (AvgIpc) is 2.75. The third-order valence-electron chi connectivity index (χ3n) is 3.04. The highest BCUT2D eigenvalue weighted by atomic mass is 16.5. The van der Waals surface area contributed by atoms with E-state index in [4.69, 9.17) is 9.84 Å². The van der Waals surface area contributed by atoms with Crippen LogP contribution in [0.3, 0.4) is 0 Å². The Morgan fingerprint density at radius 3 is 2.63 bits per heavy atom. The third kappa shape index (κ3) is 3.46. The molecule has 1 heterocycles. The molecular weight excluding hydrogens is 250 g/mol. The molecule has 2 atom stereocenters. The average molecular weight is 269 g/mol. The molecule has 1 aromatic rings. The Labute approximate surface area is 111 Å². The molecule has 7 heteroatoms. The molecule has 0 fully saturated rings. The first-order chi connectivity index (χ1) is 8.90. The fourth-order valence-electron chi connectivity index (χ4n) is 1.65. The van der Waals surface area contributed by atoms with Crippen molar-refractivity contribution in [2.75, 3.05) is 7.11 Å². The molecule has 0 aliphatic heterocycles. The van der Waals surface area contributed by atoms with E-state index >= 15 is 0 Å². The molecule has 0 aliphatic rings. The number of methoxy groups -OCH3 is 1. The summed E-state index contributed by atoms with van der Waals surface area (Å²) in [6, 6.07) is 0.538. The van der Waals surface area contributed by atoms with Crippen molar-refractivity contribution in [3.63, 3.8) is 0 Å². The van der Waals surface area contributed by atoms with Crippen molar-refractivity contribution >= 4 is 11.9 Å². The molecule has 0 radical (unpaired) electrons. The highest BCUT2D eigenvalue weighted by molar-refractivity contribution is 5.95. The predicted octanol–water partition coefficient (Wildman–Crippen LogP) is 0.658. The van der Waals surface area contributed by atoms with Gasteiger partial charge in [0.1, 0.15) is 6.04 Å². The van der Waals surface area contributed by atoms with Gasteiger partial charge in [0.25, 0.3) is 5.91 Å². The van der Waals surface area contributed by atoms with E-state index in [0.717, 1.165) is 0 Å². The zero-order valence-electron chi connectivity index (χ0n) is 11.5. The number of carboxylic acid groups (broad SMARTS) is 1. The number of amides is 1. The number of aromatic nitrogens is 2. The van der Waals surface area contributed by atoms with Crippen molar-refractivity contribution in [3.8, 4) is 5.88 Å². The second-order valence-electron chi connectivity index (χ2n) is 4.37. The van der Waals surface area contributed by atoms with Gasteiger partial charge in [-0.2, -0.15) is 5.10 Å². The molecule has 1 rings (SSSR count). The lowest BCUT2D eigenvalue weighted by molar-refractivity contribution is -0.140. The van der Waals surface area contributed by atoms with Gasteiger partial charge in [0.15, 0.2) is 5.69 Å². The Morgan fingerprint density at radius 1 is 1.58 bits per heavy atom. The number of aryl methyl sites for hydroxylation is 1. The van der Waals surface area contributed by atoms with Crippen LogP contribution in [0.4, 0.5) is 0 Å². The van der Waals surface area contributed by atoms with Crippen molar-refractivity contribution in [2.24, 2.45) is 13.0 Å². The summed E-state index contributed by atoms with van der Waals surface area (Å²) in [5.74, 6) is -1.30. The maximum Gasteiger partial charge on any atom is 0.326 e. The number of rotatable bonds is 6. The van der Waals surface area contributed by atoms with Gasteiger partial charge in [-0.3, -0.25) is 4.79 Å². The summed E-state index contributed by atoms with van der Waals surface area (Å²) in [6.07, 6.45) is 0.656. The first-order valence-electron chi connectivity index (χ1n) is 6.02. The lowest BCUT2D eigenvalue weighted by Gasteiger charge is -2.19. The molecule has 0 saturated carbocycles. The van der Waals surface area contributed by atoms with Crippen molar-refractivity contribution in [1.82, 2.24) is 15.1 Å². The first kappa shape index (κ1) is 15.0. The maximum absolute atomic E-state index is 12.0. The summed E-state index contributed by atoms with van der Waals surface area (Å²) in [6.45, 7) is 3.65. The van der Waals surface area contributed by atoms with E-state index < -0.39 is 17.9 Å². The number of nitrogens with zero attached hydrogens (tertiary/aromatic N) is 2. The number of hydrogen-bond acceptors (Lipinski definition) is 4. The second kappa shape index (κ2) is 6.21. The monoisotopic (exact) mass is 269 g/mol. The summed E-state index contributed by atoms with van der Waals surface area (Å²) >= 11 is 0. The summed E-state index contributed by atoms with van der Waals surface area (Å²) < 4.78 is 6.41. The van der Waals surface area contributed by atoms with Crippen LogP contribution in [-0.4, -0.2) is 39.9 Å². The molecule has 106 valence electrons. The van der Waals surface area contributed by atoms with Gasteiger partial charge in [-0.15, -0.1) is 0 Å². The number of ether oxygens (including phenoxy) is 1. The Bertz CT molecular complexity index is 470. The largest absolute Gasteiger partial charge is 0.481 e. The van der Waals surface area contributed by atoms with Gasteiger partial charge < -0.3 is 15.2 Å². The molecule has 0 saturated heterocycles. The smallest absolute Gasteiger partial charge is 0.326 e. The Hall–Kier alpha value is -2.05. The predicted molar refractivity (Wildman–Crippen MR) is 68.1 cm³/mol. The molecule has 0 bridgehead atoms. The van der Waals surface area contributed by atoms with Crippen LogP contribution in [0.1, 0.15) is 30.8 Å². The van der Waals surface area contributed by atoms with E-state index in [2.05, 4.69) is 10.4 Å². The summed E-state index contributed by atoms with van der Waals surface area (Å²) in [4.78, 5) is 23.1. The van der Waals surface area contributed by atoms with Crippen LogP contribution in [0.25, 0.3) is 0 Å². The van der Waals surface area contributed by atoms with Crippen molar-refractivity contribution in [1.29, 1.82) is 0 Å². The standard InChI is InChI=1S/C12H19N3O4/c1-5-7(2)10(12(17)18)13-11(16)8-6-9(19-4)15(3)14-8/h6-7,10H,5H2,1-4H3,(H,13,16)(H,17,18)/t7-,10-/m0/s1. The topological polar surface area (TPSA) is 93.5 Å². The molecule has 1 aromatic heterocycles. The van der Waals surface area contributed by atoms with E-state index in [1.807, 2.05) is 6.92 Å². The Balaban J connectivity index is 2.84. The van der Waals surface area contributed by atoms with Crippen LogP contribution in [0, 0.1) is 5.92 Å². The summed E-state index contributed by atoms with van der Waals surface area (Å²) in [7, 11) is 3.11. The first-order valence-corrected chi connectivity index (χ1v) is 6.02. The van der Waals surface area contributed by atoms with E-state index in [0.29, 0.717) is 12.3 Å². The van der Waals surface area contributed by atoms with Gasteiger partial charge in [-0.05, 0) is 5.92 Å². The SMILES string of the molecule is CC[C@H](C)[C@H](NC(=O)c1cc(OC)n(C)n1)C(=O)O. The zero-order valence-corrected chi connectivity index (χ0v) is 11.5. The molecule has 0 aliphatic carbocycles. The van der Waals surface area contributed by atoms with Crippen LogP contribution < -0.4 is 10.1 Å². The second-order valence-corrected chi connectivity index (χ2v) is 4.37. The minimum Gasteiger partial charge on any atom is -0.481 e. The number of carbonyl (C=O) groups excluding carboxylic acids is 1. The number of nitrogens with one attached hydrogen (secondary N) is 1. The van der Waals surface area contributed by atoms with Crippen molar-refractivity contribution in [3.05, 3.63) is 11.8 Å². The number of hydrogen-bond donors (Lipinski definition) is 2. The van der Waals surface area contributed by atoms with Crippen LogP contribution >= 0.6 is 0 Å². The minimum atomic E-state index is -1.05. The van der Waals surface area contributed by atoms with E-state index in [1.165, 1.54) is 17.9 Å². The molecule has 7 nitrogen and oxygen atoms in total. The fourth-order valence-corrected chi connectivity index (χ4v) is 1.65. The van der Waals surface area contributed by atoms with Gasteiger partial charge >= 0.3 is 5.97 Å². The Kier molecular flexibility index (Phi) is 4.91. The maximum atomic E-state index is 12.0. The zero-order chi connectivity index (χ0) is 14.6. The van der Waals surface area contributed by atoms with Gasteiger partial charge in [-0.25, -0.2) is 9.48 Å². The van der Waals surface area contributed by atoms with Crippen LogP contribution in [0.2, 0.25) is 0 Å². The minimum absolute atomic E-state index is 0.133. The van der Waals surface area contributed by atoms with E-state index in [-0.39, 0.29) is 11.6 Å². The molecule has 2 N–H and O–H groups in total. The number of carbonyl (C=O) groups is 2. The van der Waals surface area contributed by atoms with Crippen LogP contribution in [-0.2, 0) is 11.8 Å². The quantitative estimate of drug-likeness (QED) is 0.791. The molecular formula is C12H19N3O4. The molecule has 0 spiro atoms. The molecule has 0 unspecified atom stereocenters. The van der Waals surface area contributed by atoms with Gasteiger partial charge in [0.05, 0.1) is 7.11 Å².